The lowest BCUT2D eigenvalue weighted by atomic mass is 10.0. The van der Waals surface area contributed by atoms with E-state index in [1.165, 1.54) is 0 Å². The van der Waals surface area contributed by atoms with Gasteiger partial charge < -0.3 is 9.64 Å². The number of benzene rings is 2. The van der Waals surface area contributed by atoms with Gasteiger partial charge in [-0.25, -0.2) is 0 Å². The van der Waals surface area contributed by atoms with Crippen LogP contribution in [0.15, 0.2) is 47.5 Å². The molecule has 0 atom stereocenters. The first-order valence-electron chi connectivity index (χ1n) is 11.6. The number of fused-ring (bicyclic) bond motifs is 3. The fraction of sp³-hybridized carbons (Fsp3) is 0.400. The Morgan fingerprint density at radius 1 is 0.941 bits per heavy atom. The summed E-state index contributed by atoms with van der Waals surface area (Å²) in [5, 5.41) is 10.4. The van der Waals surface area contributed by atoms with Crippen molar-refractivity contribution >= 4 is 28.9 Å². The van der Waals surface area contributed by atoms with Crippen molar-refractivity contribution in [3.05, 3.63) is 75.3 Å². The topological polar surface area (TPSA) is 58.8 Å². The Morgan fingerprint density at radius 2 is 1.74 bits per heavy atom. The third-order valence-corrected chi connectivity index (χ3v) is 6.98. The summed E-state index contributed by atoms with van der Waals surface area (Å²) < 4.78 is 7.33. The molecule has 2 aliphatic heterocycles. The van der Waals surface area contributed by atoms with Crippen LogP contribution in [-0.2, 0) is 17.8 Å². The van der Waals surface area contributed by atoms with Crippen molar-refractivity contribution in [2.75, 3.05) is 46.4 Å². The van der Waals surface area contributed by atoms with E-state index in [0.717, 1.165) is 86.5 Å². The molecular weight excluding hydrogens is 471 g/mol. The van der Waals surface area contributed by atoms with Gasteiger partial charge in [-0.1, -0.05) is 41.4 Å². The normalized spacial score (nSPS) is 16.6. The molecule has 1 aromatic heterocycles. The van der Waals surface area contributed by atoms with Crippen molar-refractivity contribution in [1.29, 1.82) is 0 Å². The maximum Gasteiger partial charge on any atom is 0.159 e. The molecule has 0 radical (unpaired) electrons. The highest BCUT2D eigenvalue weighted by Crippen LogP contribution is 2.30. The minimum atomic E-state index is 0.424. The molecule has 2 aromatic carbocycles. The van der Waals surface area contributed by atoms with Gasteiger partial charge in [0.05, 0.1) is 17.9 Å². The van der Waals surface area contributed by atoms with Crippen LogP contribution in [-0.4, -0.2) is 76.7 Å². The molecule has 9 heteroatoms. The lowest BCUT2D eigenvalue weighted by Gasteiger charge is -2.34. The van der Waals surface area contributed by atoms with Gasteiger partial charge in [0.15, 0.2) is 11.6 Å². The summed E-state index contributed by atoms with van der Waals surface area (Å²) in [7, 11) is 1.76. The van der Waals surface area contributed by atoms with Crippen LogP contribution in [0.2, 0.25) is 10.0 Å². The third kappa shape index (κ3) is 4.90. The number of aliphatic imine (C=N–C) groups is 1. The summed E-state index contributed by atoms with van der Waals surface area (Å²) in [6.45, 7) is 7.17. The van der Waals surface area contributed by atoms with E-state index in [-0.39, 0.29) is 0 Å². The van der Waals surface area contributed by atoms with Gasteiger partial charge in [0.1, 0.15) is 6.54 Å². The number of rotatable bonds is 7. The van der Waals surface area contributed by atoms with Crippen molar-refractivity contribution in [2.45, 2.75) is 19.5 Å². The number of nitrogens with zero attached hydrogens (tertiary/aromatic N) is 6. The Hall–Kier alpha value is -2.29. The monoisotopic (exact) mass is 498 g/mol. The first-order chi connectivity index (χ1) is 16.6. The first kappa shape index (κ1) is 23.5. The molecule has 0 spiro atoms. The Morgan fingerprint density at radius 3 is 2.53 bits per heavy atom. The molecule has 1 fully saturated rings. The van der Waals surface area contributed by atoms with Crippen LogP contribution < -0.4 is 0 Å². The van der Waals surface area contributed by atoms with Crippen LogP contribution in [0.25, 0.3) is 5.69 Å². The zero-order valence-corrected chi connectivity index (χ0v) is 20.8. The van der Waals surface area contributed by atoms with E-state index in [4.69, 9.17) is 32.9 Å². The number of hydrogen-bond donors (Lipinski definition) is 0. The number of aromatic nitrogens is 3. The van der Waals surface area contributed by atoms with Gasteiger partial charge in [-0.2, -0.15) is 0 Å². The molecular formula is C25H28Cl2N6O. The number of piperazine rings is 1. The average Bonchev–Trinajstić information content (AvgIpc) is 3.16. The maximum absolute atomic E-state index is 6.55. The predicted molar refractivity (Wildman–Crippen MR) is 135 cm³/mol. The van der Waals surface area contributed by atoms with Crippen LogP contribution in [0.5, 0.6) is 0 Å². The quantitative estimate of drug-likeness (QED) is 0.459. The fourth-order valence-electron chi connectivity index (χ4n) is 4.65. The van der Waals surface area contributed by atoms with Gasteiger partial charge in [0.25, 0.3) is 0 Å². The standard InChI is InChI=1S/C25H28Cl2N6O/c1-34-14-4-9-31-10-12-32(13-11-31)17-24-30-29-23-16-28-25(19-5-2-3-6-21(19)27)20-15-18(26)7-8-22(20)33(23)24/h2-3,5-8,15H,4,9-14,16-17H2,1H3. The van der Waals surface area contributed by atoms with Crippen LogP contribution in [0.4, 0.5) is 0 Å². The molecule has 7 nitrogen and oxygen atoms in total. The third-order valence-electron chi connectivity index (χ3n) is 6.41. The highest BCUT2D eigenvalue weighted by Gasteiger charge is 2.26. The van der Waals surface area contributed by atoms with Crippen LogP contribution in [0.1, 0.15) is 29.2 Å². The summed E-state index contributed by atoms with van der Waals surface area (Å²) in [5.41, 5.74) is 3.62. The first-order valence-corrected chi connectivity index (χ1v) is 12.4. The van der Waals surface area contributed by atoms with Gasteiger partial charge in [-0.3, -0.25) is 14.5 Å². The molecule has 2 aliphatic rings. The van der Waals surface area contributed by atoms with E-state index >= 15 is 0 Å². The van der Waals surface area contributed by atoms with Crippen LogP contribution in [0.3, 0.4) is 0 Å². The van der Waals surface area contributed by atoms with Crippen molar-refractivity contribution in [1.82, 2.24) is 24.6 Å². The SMILES string of the molecule is COCCCN1CCN(Cc2nnc3n2-c2ccc(Cl)cc2C(c2ccccc2Cl)=NC3)CC1. The van der Waals surface area contributed by atoms with Crippen molar-refractivity contribution < 1.29 is 4.74 Å². The van der Waals surface area contributed by atoms with Crippen molar-refractivity contribution in [3.63, 3.8) is 0 Å². The van der Waals surface area contributed by atoms with Gasteiger partial charge in [-0.15, -0.1) is 10.2 Å². The molecule has 0 aliphatic carbocycles. The smallest absolute Gasteiger partial charge is 0.159 e. The highest BCUT2D eigenvalue weighted by molar-refractivity contribution is 6.36. The number of hydrogen-bond acceptors (Lipinski definition) is 6. The Labute approximate surface area is 210 Å². The van der Waals surface area contributed by atoms with Crippen LogP contribution in [0, 0.1) is 0 Å². The largest absolute Gasteiger partial charge is 0.385 e. The fourth-order valence-corrected chi connectivity index (χ4v) is 5.05. The average molecular weight is 499 g/mol. The second-order valence-electron chi connectivity index (χ2n) is 8.64. The Balaban J connectivity index is 1.41. The van der Waals surface area contributed by atoms with Gasteiger partial charge in [0, 0.05) is 67.6 Å². The summed E-state index contributed by atoms with van der Waals surface area (Å²) in [4.78, 5) is 9.85. The van der Waals surface area contributed by atoms with E-state index in [1.54, 1.807) is 7.11 Å². The minimum absolute atomic E-state index is 0.424. The summed E-state index contributed by atoms with van der Waals surface area (Å²) >= 11 is 13.0. The van der Waals surface area contributed by atoms with Crippen molar-refractivity contribution in [2.24, 2.45) is 4.99 Å². The molecule has 178 valence electrons. The molecule has 0 unspecified atom stereocenters. The van der Waals surface area contributed by atoms with Crippen molar-refractivity contribution in [3.8, 4) is 5.69 Å². The molecule has 3 heterocycles. The molecule has 34 heavy (non-hydrogen) atoms. The highest BCUT2D eigenvalue weighted by atomic mass is 35.5. The van der Waals surface area contributed by atoms with E-state index in [0.29, 0.717) is 16.6 Å². The number of methoxy groups -OCH3 is 1. The molecule has 0 amide bonds. The zero-order chi connectivity index (χ0) is 23.5. The summed E-state index contributed by atoms with van der Waals surface area (Å²) in [6, 6.07) is 13.7. The second kappa shape index (κ2) is 10.5. The summed E-state index contributed by atoms with van der Waals surface area (Å²) in [6.07, 6.45) is 1.07. The predicted octanol–water partition coefficient (Wildman–Crippen LogP) is 4.08. The zero-order valence-electron chi connectivity index (χ0n) is 19.3. The van der Waals surface area contributed by atoms with Gasteiger partial charge in [0.2, 0.25) is 0 Å². The number of halogens is 2. The Kier molecular flexibility index (Phi) is 7.27. The van der Waals surface area contributed by atoms with Crippen LogP contribution >= 0.6 is 23.2 Å². The van der Waals surface area contributed by atoms with E-state index in [1.807, 2.05) is 42.5 Å². The molecule has 0 bridgehead atoms. The van der Waals surface area contributed by atoms with E-state index < -0.39 is 0 Å². The lowest BCUT2D eigenvalue weighted by molar-refractivity contribution is 0.111. The van der Waals surface area contributed by atoms with Gasteiger partial charge >= 0.3 is 0 Å². The molecule has 0 N–H and O–H groups in total. The molecule has 3 aromatic rings. The van der Waals surface area contributed by atoms with E-state index in [2.05, 4.69) is 24.6 Å². The number of ether oxygens (including phenoxy) is 1. The maximum atomic E-state index is 6.55. The van der Waals surface area contributed by atoms with E-state index in [9.17, 15) is 0 Å². The molecule has 0 saturated carbocycles. The lowest BCUT2D eigenvalue weighted by Crippen LogP contribution is -2.46. The van der Waals surface area contributed by atoms with Gasteiger partial charge in [-0.05, 0) is 30.7 Å². The molecule has 5 rings (SSSR count). The Bertz CT molecular complexity index is 1190. The molecule has 1 saturated heterocycles. The second-order valence-corrected chi connectivity index (χ2v) is 9.48. The minimum Gasteiger partial charge on any atom is -0.385 e. The summed E-state index contributed by atoms with van der Waals surface area (Å²) in [5.74, 6) is 1.74.